The van der Waals surface area contributed by atoms with Crippen LogP contribution in [0.4, 0.5) is 21.5 Å². The number of nitrogens with one attached hydrogen (secondary N) is 2. The van der Waals surface area contributed by atoms with E-state index < -0.39 is 5.82 Å². The summed E-state index contributed by atoms with van der Waals surface area (Å²) in [6.07, 6.45) is 8.46. The Hall–Kier alpha value is -4.32. The molecule has 2 N–H and O–H groups in total. The molecule has 33 heavy (non-hydrogen) atoms. The summed E-state index contributed by atoms with van der Waals surface area (Å²) in [5, 5.41) is 6.25. The maximum Gasteiger partial charge on any atom is 0.255 e. The summed E-state index contributed by atoms with van der Waals surface area (Å²) in [5.74, 6) is -0.706. The molecule has 0 radical (unpaired) electrons. The lowest BCUT2D eigenvalue weighted by atomic mass is 10.1. The molecular formula is C27H21FN4O. The highest BCUT2D eigenvalue weighted by Crippen LogP contribution is 2.33. The van der Waals surface area contributed by atoms with E-state index >= 15 is 0 Å². The van der Waals surface area contributed by atoms with Gasteiger partial charge in [0, 0.05) is 52.6 Å². The van der Waals surface area contributed by atoms with E-state index in [1.807, 2.05) is 31.2 Å². The third-order valence-corrected chi connectivity index (χ3v) is 5.54. The number of aromatic nitrogens is 2. The number of rotatable bonds is 5. The van der Waals surface area contributed by atoms with Gasteiger partial charge in [-0.1, -0.05) is 24.3 Å². The molecule has 0 aliphatic heterocycles. The van der Waals surface area contributed by atoms with Gasteiger partial charge in [-0.25, -0.2) is 4.39 Å². The maximum absolute atomic E-state index is 13.5. The number of carbonyl (C=O) groups is 1. The maximum atomic E-state index is 13.5. The van der Waals surface area contributed by atoms with Gasteiger partial charge in [-0.2, -0.15) is 0 Å². The lowest BCUT2D eigenvalue weighted by molar-refractivity contribution is 0.102. The predicted molar refractivity (Wildman–Crippen MR) is 129 cm³/mol. The number of fused-ring (bicyclic) bond motifs is 1. The molecule has 6 heteroatoms. The first-order valence-corrected chi connectivity index (χ1v) is 10.6. The van der Waals surface area contributed by atoms with Gasteiger partial charge in [-0.15, -0.1) is 0 Å². The second-order valence-electron chi connectivity index (χ2n) is 7.88. The van der Waals surface area contributed by atoms with Crippen LogP contribution in [0.2, 0.25) is 0 Å². The van der Waals surface area contributed by atoms with Crippen molar-refractivity contribution >= 4 is 29.0 Å². The number of hydrogen-bond donors (Lipinski definition) is 2. The smallest absolute Gasteiger partial charge is 0.255 e. The first-order chi connectivity index (χ1) is 16.1. The zero-order valence-corrected chi connectivity index (χ0v) is 18.0. The largest absolute Gasteiger partial charge is 0.355 e. The van der Waals surface area contributed by atoms with Crippen molar-refractivity contribution in [1.82, 2.24) is 9.97 Å². The summed E-state index contributed by atoms with van der Waals surface area (Å²) in [4.78, 5) is 21.8. The Morgan fingerprint density at radius 1 is 1.03 bits per heavy atom. The number of pyridine rings is 2. The highest BCUT2D eigenvalue weighted by molar-refractivity contribution is 6.05. The zero-order valence-electron chi connectivity index (χ0n) is 18.0. The minimum atomic E-state index is -0.400. The highest BCUT2D eigenvalue weighted by atomic mass is 19.1. The molecule has 162 valence electrons. The molecule has 0 bridgehead atoms. The van der Waals surface area contributed by atoms with Crippen LogP contribution in [0.1, 0.15) is 27.2 Å². The van der Waals surface area contributed by atoms with E-state index in [0.29, 0.717) is 11.3 Å². The monoisotopic (exact) mass is 436 g/mol. The Balaban J connectivity index is 1.47. The van der Waals surface area contributed by atoms with Crippen LogP contribution >= 0.6 is 0 Å². The number of nitrogens with zero attached hydrogens (tertiary/aromatic N) is 2. The fourth-order valence-electron chi connectivity index (χ4n) is 3.82. The summed E-state index contributed by atoms with van der Waals surface area (Å²) in [7, 11) is 0. The number of anilines is 3. The van der Waals surface area contributed by atoms with Gasteiger partial charge < -0.3 is 10.6 Å². The Bertz CT molecular complexity index is 1380. The Morgan fingerprint density at radius 3 is 2.76 bits per heavy atom. The molecule has 1 aliphatic carbocycles. The number of allylic oxidation sites excluding steroid dienone is 1. The molecule has 0 atom stereocenters. The molecule has 4 aromatic rings. The topological polar surface area (TPSA) is 66.9 Å². The normalized spacial score (nSPS) is 11.8. The van der Waals surface area contributed by atoms with Crippen molar-refractivity contribution in [3.05, 3.63) is 107 Å². The molecule has 1 aliphatic rings. The van der Waals surface area contributed by atoms with Gasteiger partial charge in [0.2, 0.25) is 0 Å². The predicted octanol–water partition coefficient (Wildman–Crippen LogP) is 6.16. The molecule has 0 fully saturated rings. The van der Waals surface area contributed by atoms with E-state index in [-0.39, 0.29) is 5.91 Å². The number of halogens is 1. The van der Waals surface area contributed by atoms with Crippen molar-refractivity contribution in [2.45, 2.75) is 13.3 Å². The average Bonchev–Trinajstić information content (AvgIpc) is 3.30. The Kier molecular flexibility index (Phi) is 5.40. The third-order valence-electron chi connectivity index (χ3n) is 5.54. The number of benzene rings is 2. The fraction of sp³-hybridized carbons (Fsp3) is 0.0741. The standard InChI is InChI=1S/C27H21FN4O/c1-17-10-11-18(27(33)30-21-7-2-6-20(28)14-21)13-24(17)32-26-15-25(19-5-4-12-29-16-19)31-23-9-3-8-22(23)26/h2-8,10-16H,9H2,1H3,(H,30,33)(H,31,32). The van der Waals surface area contributed by atoms with Crippen molar-refractivity contribution in [1.29, 1.82) is 0 Å². The van der Waals surface area contributed by atoms with Crippen LogP contribution in [0.5, 0.6) is 0 Å². The van der Waals surface area contributed by atoms with Gasteiger partial charge in [-0.3, -0.25) is 14.8 Å². The lowest BCUT2D eigenvalue weighted by Gasteiger charge is -2.16. The second-order valence-corrected chi connectivity index (χ2v) is 7.88. The van der Waals surface area contributed by atoms with Crippen molar-refractivity contribution in [3.8, 4) is 11.3 Å². The van der Waals surface area contributed by atoms with Gasteiger partial charge in [0.15, 0.2) is 0 Å². The Morgan fingerprint density at radius 2 is 1.94 bits per heavy atom. The average molecular weight is 436 g/mol. The first kappa shape index (κ1) is 20.6. The summed E-state index contributed by atoms with van der Waals surface area (Å²) >= 11 is 0. The molecular weight excluding hydrogens is 415 g/mol. The van der Waals surface area contributed by atoms with Crippen molar-refractivity contribution in [2.75, 3.05) is 10.6 Å². The van der Waals surface area contributed by atoms with Crippen LogP contribution in [0.15, 0.2) is 79.1 Å². The van der Waals surface area contributed by atoms with Crippen molar-refractivity contribution in [3.63, 3.8) is 0 Å². The van der Waals surface area contributed by atoms with E-state index in [2.05, 4.69) is 27.8 Å². The molecule has 5 rings (SSSR count). The number of amides is 1. The van der Waals surface area contributed by atoms with E-state index in [4.69, 9.17) is 4.98 Å². The van der Waals surface area contributed by atoms with Crippen LogP contribution < -0.4 is 10.6 Å². The van der Waals surface area contributed by atoms with E-state index in [9.17, 15) is 9.18 Å². The molecule has 0 unspecified atom stereocenters. The van der Waals surface area contributed by atoms with Gasteiger partial charge >= 0.3 is 0 Å². The molecule has 1 amide bonds. The minimum Gasteiger partial charge on any atom is -0.355 e. The highest BCUT2D eigenvalue weighted by Gasteiger charge is 2.16. The summed E-state index contributed by atoms with van der Waals surface area (Å²) in [6.45, 7) is 1.98. The summed E-state index contributed by atoms with van der Waals surface area (Å²) in [6, 6.07) is 17.2. The molecule has 2 heterocycles. The molecule has 0 spiro atoms. The number of hydrogen-bond acceptors (Lipinski definition) is 4. The van der Waals surface area contributed by atoms with Crippen LogP contribution in [0.25, 0.3) is 17.3 Å². The lowest BCUT2D eigenvalue weighted by Crippen LogP contribution is -2.12. The van der Waals surface area contributed by atoms with Crippen molar-refractivity contribution < 1.29 is 9.18 Å². The molecule has 5 nitrogen and oxygen atoms in total. The quantitative estimate of drug-likeness (QED) is 0.393. The van der Waals surface area contributed by atoms with E-state index in [1.54, 1.807) is 36.7 Å². The van der Waals surface area contributed by atoms with E-state index in [0.717, 1.165) is 45.9 Å². The van der Waals surface area contributed by atoms with Crippen LogP contribution in [0, 0.1) is 12.7 Å². The molecule has 0 saturated heterocycles. The molecule has 2 aromatic heterocycles. The van der Waals surface area contributed by atoms with E-state index in [1.165, 1.54) is 12.1 Å². The minimum absolute atomic E-state index is 0.306. The third kappa shape index (κ3) is 4.36. The first-order valence-electron chi connectivity index (χ1n) is 10.6. The molecule has 2 aromatic carbocycles. The Labute approximate surface area is 191 Å². The van der Waals surface area contributed by atoms with Crippen molar-refractivity contribution in [2.24, 2.45) is 0 Å². The van der Waals surface area contributed by atoms with Gasteiger partial charge in [0.25, 0.3) is 5.91 Å². The number of aryl methyl sites for hydroxylation is 1. The summed E-state index contributed by atoms with van der Waals surface area (Å²) in [5.41, 5.74) is 7.42. The SMILES string of the molecule is Cc1ccc(C(=O)Nc2cccc(F)c2)cc1Nc1cc(-c2cccnc2)nc2c1C=CC2. The van der Waals surface area contributed by atoms with Gasteiger partial charge in [0.1, 0.15) is 5.82 Å². The van der Waals surface area contributed by atoms with Crippen LogP contribution in [0.3, 0.4) is 0 Å². The van der Waals surface area contributed by atoms with Gasteiger partial charge in [-0.05, 0) is 61.0 Å². The summed E-state index contributed by atoms with van der Waals surface area (Å²) < 4.78 is 13.5. The fourth-order valence-corrected chi connectivity index (χ4v) is 3.82. The van der Waals surface area contributed by atoms with Crippen LogP contribution in [-0.2, 0) is 6.42 Å². The second kappa shape index (κ2) is 8.67. The zero-order chi connectivity index (χ0) is 22.8. The van der Waals surface area contributed by atoms with Crippen LogP contribution in [-0.4, -0.2) is 15.9 Å². The number of carbonyl (C=O) groups excluding carboxylic acids is 1. The van der Waals surface area contributed by atoms with Gasteiger partial charge in [0.05, 0.1) is 11.4 Å². The molecule has 0 saturated carbocycles.